The molecule has 0 bridgehead atoms. The first-order valence-corrected chi connectivity index (χ1v) is 2.74. The summed E-state index contributed by atoms with van der Waals surface area (Å²) in [6, 6.07) is 9.25. The summed E-state index contributed by atoms with van der Waals surface area (Å²) in [6.45, 7) is 4.11. The second-order valence-corrected chi connectivity index (χ2v) is 2.05. The van der Waals surface area contributed by atoms with Crippen molar-refractivity contribution in [1.29, 1.82) is 0 Å². The molecule has 0 spiro atoms. The van der Waals surface area contributed by atoms with Crippen molar-refractivity contribution in [2.75, 3.05) is 0 Å². The predicted molar refractivity (Wildman–Crippen MR) is 42.0 cm³/mol. The third-order valence-corrected chi connectivity index (χ3v) is 1.12. The SMILES string of the molecule is Cc1[c-]cc(C)cc1.Cl.[Zn]. The van der Waals surface area contributed by atoms with E-state index in [9.17, 15) is 0 Å². The Morgan fingerprint density at radius 1 is 1.20 bits per heavy atom. The first-order chi connectivity index (χ1) is 3.79. The summed E-state index contributed by atoms with van der Waals surface area (Å²) in [7, 11) is 0. The zero-order valence-corrected chi connectivity index (χ0v) is 10.1. The Balaban J connectivity index is 0. The van der Waals surface area contributed by atoms with Gasteiger partial charge in [-0.15, -0.1) is 12.4 Å². The van der Waals surface area contributed by atoms with Gasteiger partial charge in [-0.2, -0.15) is 35.4 Å². The van der Waals surface area contributed by atoms with E-state index in [4.69, 9.17) is 0 Å². The molecule has 10 heavy (non-hydrogen) atoms. The van der Waals surface area contributed by atoms with Gasteiger partial charge in [0.25, 0.3) is 0 Å². The zero-order chi connectivity index (χ0) is 5.98. The minimum absolute atomic E-state index is 0. The van der Waals surface area contributed by atoms with Crippen LogP contribution in [0.25, 0.3) is 0 Å². The van der Waals surface area contributed by atoms with Crippen LogP contribution in [-0.2, 0) is 19.5 Å². The van der Waals surface area contributed by atoms with Crippen molar-refractivity contribution in [3.8, 4) is 0 Å². The van der Waals surface area contributed by atoms with Gasteiger partial charge in [0.05, 0.1) is 0 Å². The Morgan fingerprint density at radius 2 is 1.80 bits per heavy atom. The van der Waals surface area contributed by atoms with Gasteiger partial charge >= 0.3 is 0 Å². The molecule has 0 aliphatic rings. The standard InChI is InChI=1S/C8H9.ClH.Zn/c1-7-3-5-8(2)6-4-7;;/h3-5H,1-2H3;1H;/q-1;;. The fourth-order valence-electron chi connectivity index (χ4n) is 0.580. The summed E-state index contributed by atoms with van der Waals surface area (Å²) in [6.07, 6.45) is 0. The van der Waals surface area contributed by atoms with Gasteiger partial charge < -0.3 is 0 Å². The van der Waals surface area contributed by atoms with E-state index in [0.29, 0.717) is 0 Å². The summed E-state index contributed by atoms with van der Waals surface area (Å²) in [4.78, 5) is 0. The van der Waals surface area contributed by atoms with Crippen LogP contribution in [0.1, 0.15) is 11.1 Å². The van der Waals surface area contributed by atoms with Crippen molar-refractivity contribution >= 4 is 12.4 Å². The van der Waals surface area contributed by atoms with Crippen LogP contribution in [-0.4, -0.2) is 0 Å². The number of hydrogen-bond donors (Lipinski definition) is 0. The van der Waals surface area contributed by atoms with Crippen LogP contribution in [0.15, 0.2) is 18.2 Å². The first kappa shape index (κ1) is 12.8. The van der Waals surface area contributed by atoms with E-state index in [1.54, 1.807) is 0 Å². The third kappa shape index (κ3) is 4.03. The molecule has 0 amide bonds. The number of hydrogen-bond acceptors (Lipinski definition) is 0. The monoisotopic (exact) mass is 205 g/mol. The van der Waals surface area contributed by atoms with Crippen molar-refractivity contribution in [1.82, 2.24) is 0 Å². The van der Waals surface area contributed by atoms with E-state index >= 15 is 0 Å². The molecule has 0 aliphatic heterocycles. The van der Waals surface area contributed by atoms with Crippen LogP contribution >= 0.6 is 12.4 Å². The second-order valence-electron chi connectivity index (χ2n) is 2.05. The summed E-state index contributed by atoms with van der Waals surface area (Å²) < 4.78 is 0. The van der Waals surface area contributed by atoms with Gasteiger partial charge in [-0.05, 0) is 0 Å². The molecule has 52 valence electrons. The molecule has 2 heteroatoms. The van der Waals surface area contributed by atoms with Crippen LogP contribution in [0.3, 0.4) is 0 Å². The Kier molecular flexibility index (Phi) is 7.52. The molecule has 0 unspecified atom stereocenters. The van der Waals surface area contributed by atoms with E-state index in [2.05, 4.69) is 25.1 Å². The Morgan fingerprint density at radius 3 is 2.10 bits per heavy atom. The van der Waals surface area contributed by atoms with Gasteiger partial charge in [0.1, 0.15) is 0 Å². The second kappa shape index (κ2) is 5.88. The van der Waals surface area contributed by atoms with Crippen molar-refractivity contribution < 1.29 is 19.5 Å². The zero-order valence-electron chi connectivity index (χ0n) is 6.35. The molecule has 1 aromatic rings. The Hall–Kier alpha value is 0.133. The van der Waals surface area contributed by atoms with Crippen molar-refractivity contribution in [2.45, 2.75) is 13.8 Å². The molecular weight excluding hydrogens is 197 g/mol. The number of benzene rings is 1. The average Bonchev–Trinajstić information content (AvgIpc) is 1.77. The predicted octanol–water partition coefficient (Wildman–Crippen LogP) is 2.52. The molecule has 0 nitrogen and oxygen atoms in total. The van der Waals surface area contributed by atoms with Gasteiger partial charge in [0.15, 0.2) is 0 Å². The van der Waals surface area contributed by atoms with E-state index < -0.39 is 0 Å². The fourth-order valence-corrected chi connectivity index (χ4v) is 0.580. The van der Waals surface area contributed by atoms with Gasteiger partial charge in [0.2, 0.25) is 0 Å². The van der Waals surface area contributed by atoms with Crippen LogP contribution in [0, 0.1) is 19.9 Å². The Bertz CT molecular complexity index is 148. The molecule has 0 heterocycles. The molecule has 0 atom stereocenters. The third-order valence-electron chi connectivity index (χ3n) is 1.12. The number of aryl methyl sites for hydroxylation is 2. The van der Waals surface area contributed by atoms with Gasteiger partial charge in [0, 0.05) is 19.5 Å². The van der Waals surface area contributed by atoms with Gasteiger partial charge in [-0.1, -0.05) is 13.8 Å². The minimum atomic E-state index is 0. The van der Waals surface area contributed by atoms with Crippen molar-refractivity contribution in [2.24, 2.45) is 0 Å². The van der Waals surface area contributed by atoms with Crippen LogP contribution in [0.4, 0.5) is 0 Å². The fraction of sp³-hybridized carbons (Fsp3) is 0.250. The van der Waals surface area contributed by atoms with E-state index in [-0.39, 0.29) is 31.9 Å². The molecule has 0 aliphatic carbocycles. The topological polar surface area (TPSA) is 0 Å². The number of rotatable bonds is 0. The minimum Gasteiger partial charge on any atom is -0.180 e. The molecular formula is C8H10ClZn-. The smallest absolute Gasteiger partial charge is 0 e. The van der Waals surface area contributed by atoms with E-state index in [0.717, 1.165) is 0 Å². The van der Waals surface area contributed by atoms with Crippen LogP contribution in [0.2, 0.25) is 0 Å². The molecule has 1 rings (SSSR count). The van der Waals surface area contributed by atoms with Crippen LogP contribution < -0.4 is 0 Å². The van der Waals surface area contributed by atoms with Gasteiger partial charge in [-0.3, -0.25) is 0 Å². The van der Waals surface area contributed by atoms with Crippen molar-refractivity contribution in [3.63, 3.8) is 0 Å². The Labute approximate surface area is 81.2 Å². The normalized spacial score (nSPS) is 7.40. The number of halogens is 1. The summed E-state index contributed by atoms with van der Waals surface area (Å²) in [5, 5.41) is 0. The quantitative estimate of drug-likeness (QED) is 0.453. The maximum Gasteiger partial charge on any atom is 0 e. The van der Waals surface area contributed by atoms with E-state index in [1.165, 1.54) is 11.1 Å². The molecule has 0 radical (unpaired) electrons. The molecule has 0 aromatic heterocycles. The molecule has 0 fully saturated rings. The molecule has 0 saturated carbocycles. The largest absolute Gasteiger partial charge is 0.180 e. The average molecular weight is 207 g/mol. The maximum absolute atomic E-state index is 3.10. The maximum atomic E-state index is 3.10. The molecule has 0 N–H and O–H groups in total. The summed E-state index contributed by atoms with van der Waals surface area (Å²) in [5.74, 6) is 0. The van der Waals surface area contributed by atoms with Crippen LogP contribution in [0.5, 0.6) is 0 Å². The van der Waals surface area contributed by atoms with E-state index in [1.807, 2.05) is 13.0 Å². The van der Waals surface area contributed by atoms with Gasteiger partial charge in [-0.25, -0.2) is 0 Å². The first-order valence-electron chi connectivity index (χ1n) is 2.74. The summed E-state index contributed by atoms with van der Waals surface area (Å²) in [5.41, 5.74) is 2.48. The summed E-state index contributed by atoms with van der Waals surface area (Å²) >= 11 is 0. The molecule has 0 saturated heterocycles. The molecule has 1 aromatic carbocycles. The van der Waals surface area contributed by atoms with Crippen molar-refractivity contribution in [3.05, 3.63) is 35.4 Å².